The van der Waals surface area contributed by atoms with Gasteiger partial charge in [-0.25, -0.2) is 4.79 Å². The molecule has 0 bridgehead atoms. The van der Waals surface area contributed by atoms with E-state index in [4.69, 9.17) is 14.6 Å². The van der Waals surface area contributed by atoms with Crippen LogP contribution >= 0.6 is 0 Å². The van der Waals surface area contributed by atoms with Crippen LogP contribution in [0.3, 0.4) is 0 Å². The third kappa shape index (κ3) is 1.97. The number of nitro groups is 1. The highest BCUT2D eigenvalue weighted by molar-refractivity contribution is 5.94. The average Bonchev–Trinajstić information content (AvgIpc) is 2.71. The predicted octanol–water partition coefficient (Wildman–Crippen LogP) is 1.74. The number of rotatable bonds is 3. The Morgan fingerprint density at radius 1 is 1.39 bits per heavy atom. The number of carboxylic acid groups (broad SMARTS) is 1. The van der Waals surface area contributed by atoms with Crippen molar-refractivity contribution in [1.82, 2.24) is 0 Å². The number of ether oxygens (including phenoxy) is 2. The second-order valence-corrected chi connectivity index (χ2v) is 3.54. The number of hydrogen-bond acceptors (Lipinski definition) is 5. The van der Waals surface area contributed by atoms with Crippen molar-refractivity contribution in [1.29, 1.82) is 0 Å². The van der Waals surface area contributed by atoms with Gasteiger partial charge in [-0.05, 0) is 6.07 Å². The summed E-state index contributed by atoms with van der Waals surface area (Å²) in [4.78, 5) is 21.3. The Morgan fingerprint density at radius 3 is 2.67 bits per heavy atom. The van der Waals surface area contributed by atoms with Crippen LogP contribution in [0.2, 0.25) is 0 Å². The summed E-state index contributed by atoms with van der Waals surface area (Å²) in [6.45, 7) is 1.50. The van der Waals surface area contributed by atoms with E-state index in [9.17, 15) is 14.9 Å². The molecule has 7 nitrogen and oxygen atoms in total. The van der Waals surface area contributed by atoms with Crippen LogP contribution in [0.15, 0.2) is 30.0 Å². The molecule has 1 aromatic carbocycles. The molecule has 1 unspecified atom stereocenters. The van der Waals surface area contributed by atoms with Crippen molar-refractivity contribution in [3.8, 4) is 0 Å². The molecule has 94 valence electrons. The lowest BCUT2D eigenvalue weighted by atomic mass is 10.1. The summed E-state index contributed by atoms with van der Waals surface area (Å²) in [5, 5.41) is 19.8. The number of carboxylic acids is 1. The minimum Gasteiger partial charge on any atom is -0.475 e. The molecule has 0 amide bonds. The Bertz CT molecular complexity index is 550. The zero-order valence-corrected chi connectivity index (χ0v) is 9.32. The highest BCUT2D eigenvalue weighted by Crippen LogP contribution is 2.35. The van der Waals surface area contributed by atoms with E-state index in [-0.39, 0.29) is 17.0 Å². The summed E-state index contributed by atoms with van der Waals surface area (Å²) in [6.07, 6.45) is -0.786. The van der Waals surface area contributed by atoms with Gasteiger partial charge in [-0.1, -0.05) is 12.1 Å². The summed E-state index contributed by atoms with van der Waals surface area (Å²) in [7, 11) is 0. The van der Waals surface area contributed by atoms with Crippen molar-refractivity contribution < 1.29 is 24.3 Å². The highest BCUT2D eigenvalue weighted by atomic mass is 16.7. The van der Waals surface area contributed by atoms with Gasteiger partial charge in [0.25, 0.3) is 11.4 Å². The first-order chi connectivity index (χ1) is 8.50. The minimum absolute atomic E-state index is 0.0873. The lowest BCUT2D eigenvalue weighted by Gasteiger charge is -2.05. The number of hydrogen-bond donors (Lipinski definition) is 1. The summed E-state index contributed by atoms with van der Waals surface area (Å²) >= 11 is 0. The molecule has 1 heterocycles. The number of para-hydroxylation sites is 1. The van der Waals surface area contributed by atoms with Crippen molar-refractivity contribution in [2.24, 2.45) is 0 Å². The molecular formula is C11H9NO6. The van der Waals surface area contributed by atoms with Gasteiger partial charge in [0.15, 0.2) is 5.76 Å². The van der Waals surface area contributed by atoms with E-state index in [1.54, 1.807) is 6.07 Å². The molecule has 1 aliphatic heterocycles. The standard InChI is InChI=1S/C11H9NO6/c1-6-17-9(10(18-6)11(13)14)7-4-2-3-5-8(7)12(15)16/h2-6H,1H3,(H,13,14). The molecule has 2 rings (SSSR count). The Balaban J connectivity index is 2.57. The van der Waals surface area contributed by atoms with Crippen LogP contribution in [0.25, 0.3) is 5.76 Å². The van der Waals surface area contributed by atoms with Crippen LogP contribution in [0.5, 0.6) is 0 Å². The number of aliphatic carboxylic acids is 1. The van der Waals surface area contributed by atoms with E-state index >= 15 is 0 Å². The normalized spacial score (nSPS) is 18.2. The molecule has 1 aromatic rings. The molecule has 0 saturated heterocycles. The molecule has 0 fully saturated rings. The van der Waals surface area contributed by atoms with Crippen LogP contribution in [0, 0.1) is 10.1 Å². The first-order valence-corrected chi connectivity index (χ1v) is 5.05. The fraction of sp³-hybridized carbons (Fsp3) is 0.182. The monoisotopic (exact) mass is 251 g/mol. The van der Waals surface area contributed by atoms with E-state index in [2.05, 4.69) is 0 Å². The van der Waals surface area contributed by atoms with Crippen LogP contribution in [-0.2, 0) is 14.3 Å². The van der Waals surface area contributed by atoms with Crippen molar-refractivity contribution in [3.63, 3.8) is 0 Å². The van der Waals surface area contributed by atoms with Gasteiger partial charge in [0.2, 0.25) is 6.29 Å². The van der Waals surface area contributed by atoms with Gasteiger partial charge in [0, 0.05) is 13.0 Å². The third-order valence-corrected chi connectivity index (χ3v) is 2.31. The third-order valence-electron chi connectivity index (χ3n) is 2.31. The highest BCUT2D eigenvalue weighted by Gasteiger charge is 2.33. The fourth-order valence-corrected chi connectivity index (χ4v) is 1.62. The van der Waals surface area contributed by atoms with E-state index in [0.29, 0.717) is 0 Å². The van der Waals surface area contributed by atoms with Crippen LogP contribution in [0.4, 0.5) is 5.69 Å². The van der Waals surface area contributed by atoms with E-state index in [0.717, 1.165) is 0 Å². The summed E-state index contributed by atoms with van der Waals surface area (Å²) in [5.41, 5.74) is -0.145. The molecule has 7 heteroatoms. The van der Waals surface area contributed by atoms with Crippen molar-refractivity contribution in [3.05, 3.63) is 45.7 Å². The van der Waals surface area contributed by atoms with Gasteiger partial charge < -0.3 is 14.6 Å². The van der Waals surface area contributed by atoms with Gasteiger partial charge in [0.05, 0.1) is 10.5 Å². The number of benzene rings is 1. The zero-order chi connectivity index (χ0) is 13.3. The second kappa shape index (κ2) is 4.36. The SMILES string of the molecule is CC1OC(C(=O)O)=C(c2ccccc2[N+](=O)[O-])O1. The summed E-state index contributed by atoms with van der Waals surface area (Å²) in [6, 6.07) is 5.73. The maximum absolute atomic E-state index is 11.0. The summed E-state index contributed by atoms with van der Waals surface area (Å²) in [5.74, 6) is -1.87. The lowest BCUT2D eigenvalue weighted by Crippen LogP contribution is -2.06. The van der Waals surface area contributed by atoms with Gasteiger partial charge in [0.1, 0.15) is 0 Å². The van der Waals surface area contributed by atoms with Crippen molar-refractivity contribution in [2.45, 2.75) is 13.2 Å². The molecule has 1 atom stereocenters. The Kier molecular flexibility index (Phi) is 2.88. The first-order valence-electron chi connectivity index (χ1n) is 5.05. The Labute approximate surface area is 101 Å². The molecule has 0 spiro atoms. The number of carbonyl (C=O) groups is 1. The lowest BCUT2D eigenvalue weighted by molar-refractivity contribution is -0.385. The van der Waals surface area contributed by atoms with E-state index in [1.807, 2.05) is 0 Å². The Morgan fingerprint density at radius 2 is 2.06 bits per heavy atom. The Hall–Kier alpha value is -2.57. The fourth-order valence-electron chi connectivity index (χ4n) is 1.62. The molecule has 0 aliphatic carbocycles. The van der Waals surface area contributed by atoms with Gasteiger partial charge in [-0.2, -0.15) is 0 Å². The smallest absolute Gasteiger partial charge is 0.375 e. The van der Waals surface area contributed by atoms with Crippen LogP contribution in [-0.4, -0.2) is 22.3 Å². The summed E-state index contributed by atoms with van der Waals surface area (Å²) < 4.78 is 10.1. The zero-order valence-electron chi connectivity index (χ0n) is 9.32. The van der Waals surface area contributed by atoms with Crippen molar-refractivity contribution >= 4 is 17.4 Å². The second-order valence-electron chi connectivity index (χ2n) is 3.54. The molecule has 0 saturated carbocycles. The largest absolute Gasteiger partial charge is 0.475 e. The molecule has 0 radical (unpaired) electrons. The molecule has 1 N–H and O–H groups in total. The van der Waals surface area contributed by atoms with Crippen LogP contribution < -0.4 is 0 Å². The van der Waals surface area contributed by atoms with E-state index < -0.39 is 22.9 Å². The maximum atomic E-state index is 11.0. The van der Waals surface area contributed by atoms with Crippen molar-refractivity contribution in [2.75, 3.05) is 0 Å². The predicted molar refractivity (Wildman–Crippen MR) is 59.3 cm³/mol. The van der Waals surface area contributed by atoms with Crippen LogP contribution in [0.1, 0.15) is 12.5 Å². The minimum atomic E-state index is -1.33. The quantitative estimate of drug-likeness (QED) is 0.648. The van der Waals surface area contributed by atoms with E-state index in [1.165, 1.54) is 25.1 Å². The van der Waals surface area contributed by atoms with Gasteiger partial charge >= 0.3 is 5.97 Å². The first kappa shape index (κ1) is 11.9. The molecule has 1 aliphatic rings. The maximum Gasteiger partial charge on any atom is 0.375 e. The average molecular weight is 251 g/mol. The topological polar surface area (TPSA) is 98.9 Å². The number of nitrogens with zero attached hydrogens (tertiary/aromatic N) is 1. The number of nitro benzene ring substituents is 1. The molecular weight excluding hydrogens is 242 g/mol. The molecule has 0 aromatic heterocycles. The van der Waals surface area contributed by atoms with Gasteiger partial charge in [-0.15, -0.1) is 0 Å². The van der Waals surface area contributed by atoms with Gasteiger partial charge in [-0.3, -0.25) is 10.1 Å². The molecule has 18 heavy (non-hydrogen) atoms.